The number of nitrogens with one attached hydrogen (secondary N) is 4. The molecular weight excluding hydrogens is 704 g/mol. The van der Waals surface area contributed by atoms with Crippen LogP contribution >= 0.6 is 0 Å². The van der Waals surface area contributed by atoms with E-state index in [4.69, 9.17) is 9.53 Å². The Hall–Kier alpha value is -4.33. The Bertz CT molecular complexity index is 1260. The van der Waals surface area contributed by atoms with Gasteiger partial charge in [0.2, 0.25) is 36.4 Å². The fraction of sp³-hybridized carbons (Fsp3) is 0.683. The number of nitrogens with zero attached hydrogens (tertiary/aromatic N) is 1. The monoisotopic (exact) mass is 779 g/mol. The summed E-state index contributed by atoms with van der Waals surface area (Å²) >= 11 is 0. The number of carbonyl (C=O) groups excluding carboxylic acids is 7. The largest absolute Gasteiger partial charge is 0.461 e. The summed E-state index contributed by atoms with van der Waals surface area (Å²) in [6, 6.07) is 7.12. The zero-order chi connectivity index (χ0) is 43.3. The molecule has 2 rings (SSSR count). The summed E-state index contributed by atoms with van der Waals surface area (Å²) in [7, 11) is 1.89. The van der Waals surface area contributed by atoms with Crippen molar-refractivity contribution in [3.05, 3.63) is 29.8 Å². The first kappa shape index (κ1) is 55.0. The first-order chi connectivity index (χ1) is 25.7. The molecule has 0 unspecified atom stereocenters. The Morgan fingerprint density at radius 2 is 1.42 bits per heavy atom. The third kappa shape index (κ3) is 23.9. The summed E-state index contributed by atoms with van der Waals surface area (Å²) in [4.78, 5) is 81.7. The number of primary amides is 1. The number of benzene rings is 1. The van der Waals surface area contributed by atoms with Crippen LogP contribution in [0.1, 0.15) is 134 Å². The Morgan fingerprint density at radius 1 is 0.927 bits per heavy atom. The van der Waals surface area contributed by atoms with Crippen LogP contribution in [0.2, 0.25) is 0 Å². The molecule has 1 saturated heterocycles. The molecular formula is C41H74N6O8. The van der Waals surface area contributed by atoms with E-state index in [0.717, 1.165) is 31.4 Å². The average Bonchev–Trinajstić information content (AvgIpc) is 3.11. The van der Waals surface area contributed by atoms with E-state index in [1.165, 1.54) is 11.3 Å². The fourth-order valence-corrected chi connectivity index (χ4v) is 5.46. The number of carbonyl (C=O) groups is 7. The van der Waals surface area contributed by atoms with Gasteiger partial charge in [0.25, 0.3) is 0 Å². The molecule has 1 heterocycles. The number of amides is 6. The lowest BCUT2D eigenvalue weighted by atomic mass is 9.73. The van der Waals surface area contributed by atoms with Gasteiger partial charge in [0, 0.05) is 36.0 Å². The molecule has 1 aromatic carbocycles. The van der Waals surface area contributed by atoms with Gasteiger partial charge in [0.05, 0.1) is 12.5 Å². The molecule has 0 atom stereocenters. The van der Waals surface area contributed by atoms with E-state index in [2.05, 4.69) is 40.8 Å². The van der Waals surface area contributed by atoms with Gasteiger partial charge in [-0.1, -0.05) is 87.8 Å². The summed E-state index contributed by atoms with van der Waals surface area (Å²) in [5.74, 6) is -1.20. The number of ether oxygens (including phenoxy) is 1. The molecule has 1 aliphatic heterocycles. The van der Waals surface area contributed by atoms with E-state index < -0.39 is 11.0 Å². The topological polar surface area (TPSA) is 206 Å². The highest BCUT2D eigenvalue weighted by atomic mass is 16.5. The van der Waals surface area contributed by atoms with Gasteiger partial charge in [-0.2, -0.15) is 0 Å². The molecule has 14 heteroatoms. The summed E-state index contributed by atoms with van der Waals surface area (Å²) < 4.78 is 5.06. The van der Waals surface area contributed by atoms with Gasteiger partial charge in [0.15, 0.2) is 0 Å². The van der Waals surface area contributed by atoms with Gasteiger partial charge in [-0.3, -0.25) is 38.5 Å². The minimum Gasteiger partial charge on any atom is -0.461 e. The van der Waals surface area contributed by atoms with Gasteiger partial charge in [-0.25, -0.2) is 0 Å². The molecule has 14 nitrogen and oxygen atoms in total. The van der Waals surface area contributed by atoms with Gasteiger partial charge in [-0.05, 0) is 76.2 Å². The van der Waals surface area contributed by atoms with E-state index >= 15 is 0 Å². The van der Waals surface area contributed by atoms with Crippen molar-refractivity contribution < 1.29 is 38.3 Å². The summed E-state index contributed by atoms with van der Waals surface area (Å²) in [5.41, 5.74) is 3.82. The number of esters is 1. The normalized spacial score (nSPS) is 13.1. The van der Waals surface area contributed by atoms with E-state index in [1.807, 2.05) is 48.6 Å². The van der Waals surface area contributed by atoms with E-state index in [0.29, 0.717) is 37.9 Å². The van der Waals surface area contributed by atoms with Crippen molar-refractivity contribution >= 4 is 48.1 Å². The van der Waals surface area contributed by atoms with Gasteiger partial charge in [-0.15, -0.1) is 0 Å². The molecule has 0 saturated carbocycles. The molecule has 6 amide bonds. The molecule has 0 bridgehead atoms. The van der Waals surface area contributed by atoms with Gasteiger partial charge >= 0.3 is 5.97 Å². The second-order valence-electron chi connectivity index (χ2n) is 14.9. The Morgan fingerprint density at radius 3 is 1.85 bits per heavy atom. The second kappa shape index (κ2) is 30.0. The number of likely N-dealkylation sites (tertiary alicyclic amines) is 1. The highest BCUT2D eigenvalue weighted by Gasteiger charge is 2.47. The fourth-order valence-electron chi connectivity index (χ4n) is 5.46. The minimum atomic E-state index is -0.858. The predicted molar refractivity (Wildman–Crippen MR) is 219 cm³/mol. The predicted octanol–water partition coefficient (Wildman–Crippen LogP) is 5.48. The number of hydrogen-bond acceptors (Lipinski definition) is 9. The van der Waals surface area contributed by atoms with Crippen molar-refractivity contribution in [2.45, 2.75) is 140 Å². The van der Waals surface area contributed by atoms with Crippen LogP contribution in [0.3, 0.4) is 0 Å². The zero-order valence-corrected chi connectivity index (χ0v) is 36.1. The third-order valence-corrected chi connectivity index (χ3v) is 8.22. The maximum Gasteiger partial charge on any atom is 0.308 e. The number of nitrogens with two attached hydrogens (primary N) is 1. The van der Waals surface area contributed by atoms with Crippen molar-refractivity contribution in [1.29, 1.82) is 0 Å². The van der Waals surface area contributed by atoms with Crippen LogP contribution in [0, 0.1) is 16.7 Å². The highest BCUT2D eigenvalue weighted by molar-refractivity contribution is 5.99. The summed E-state index contributed by atoms with van der Waals surface area (Å²) in [6.07, 6.45) is 5.70. The maximum absolute atomic E-state index is 12.8. The van der Waals surface area contributed by atoms with Crippen LogP contribution < -0.4 is 27.0 Å². The highest BCUT2D eigenvalue weighted by Crippen LogP contribution is 2.40. The quantitative estimate of drug-likeness (QED) is 0.0587. The number of anilines is 1. The van der Waals surface area contributed by atoms with Crippen molar-refractivity contribution in [2.75, 3.05) is 32.0 Å². The number of rotatable bonds is 17. The Balaban J connectivity index is -0.000000935. The lowest BCUT2D eigenvalue weighted by Crippen LogP contribution is -2.58. The summed E-state index contributed by atoms with van der Waals surface area (Å²) in [6.45, 7) is 24.6. The smallest absolute Gasteiger partial charge is 0.308 e. The summed E-state index contributed by atoms with van der Waals surface area (Å²) in [5, 5.41) is 11.1. The van der Waals surface area contributed by atoms with E-state index in [-0.39, 0.29) is 60.5 Å². The van der Waals surface area contributed by atoms with Gasteiger partial charge in [0.1, 0.15) is 6.61 Å². The first-order valence-electron chi connectivity index (χ1n) is 19.4. The van der Waals surface area contributed by atoms with Gasteiger partial charge < -0.3 is 31.7 Å². The molecule has 1 aromatic rings. The van der Waals surface area contributed by atoms with Crippen LogP contribution in [-0.2, 0) is 44.9 Å². The lowest BCUT2D eigenvalue weighted by Gasteiger charge is -2.46. The molecule has 0 aliphatic carbocycles. The van der Waals surface area contributed by atoms with Crippen molar-refractivity contribution in [1.82, 2.24) is 20.9 Å². The van der Waals surface area contributed by atoms with Crippen LogP contribution in [0.15, 0.2) is 24.3 Å². The molecule has 1 aliphatic rings. The van der Waals surface area contributed by atoms with Crippen molar-refractivity contribution in [3.8, 4) is 0 Å². The van der Waals surface area contributed by atoms with Crippen LogP contribution in [-0.4, -0.2) is 79.5 Å². The molecule has 1 fully saturated rings. The molecule has 316 valence electrons. The number of hydrogen-bond donors (Lipinski definition) is 5. The molecule has 6 N–H and O–H groups in total. The van der Waals surface area contributed by atoms with Crippen LogP contribution in [0.5, 0.6) is 0 Å². The lowest BCUT2D eigenvalue weighted by molar-refractivity contribution is -0.162. The Kier molecular flexibility index (Phi) is 30.0. The van der Waals surface area contributed by atoms with E-state index in [9.17, 15) is 28.8 Å². The number of imide groups is 1. The molecule has 0 aromatic heterocycles. The van der Waals surface area contributed by atoms with Crippen molar-refractivity contribution in [2.24, 2.45) is 22.5 Å². The van der Waals surface area contributed by atoms with Crippen molar-refractivity contribution in [3.63, 3.8) is 0 Å². The van der Waals surface area contributed by atoms with E-state index in [1.54, 1.807) is 52.0 Å². The molecule has 0 radical (unpaired) electrons. The molecule has 0 spiro atoms. The average molecular weight is 779 g/mol. The zero-order valence-electron chi connectivity index (χ0n) is 36.1. The Labute approximate surface area is 331 Å². The second-order valence-corrected chi connectivity index (χ2v) is 14.9. The minimum absolute atomic E-state index is 0.0921. The number of unbranched alkanes of at least 4 members (excludes halogenated alkanes) is 1. The number of piperidine rings is 1. The standard InChI is InChI=1S/C23H42N4O4.C12H15NO3.C3H8.C2H6.CH3NO/c1-8-23(6)13-18(29)27(19(30)14-23)22(4,5)16-21(2,3)20(31)26-15-17(28)25-12-10-9-11-24-7;1-9(2)12(15)16-7-10-3-5-11(6-4-10)13-8-14;1-3-2;1-2;2-1-3/h24H,8-16H2,1-7H3,(H,25,28)(H,26,31);3-6,8-9H,7H2,1-2H3,(H,13,14);3H2,1-2H3;1-2H3;1H,(H2,2,3). The third-order valence-electron chi connectivity index (χ3n) is 8.22. The maximum atomic E-state index is 12.8. The first-order valence-corrected chi connectivity index (χ1v) is 19.4. The van der Waals surface area contributed by atoms with Crippen LogP contribution in [0.4, 0.5) is 5.69 Å². The molecule has 55 heavy (non-hydrogen) atoms. The van der Waals surface area contributed by atoms with Crippen LogP contribution in [0.25, 0.3) is 0 Å². The SMILES string of the molecule is CC.CC(C)C(=O)OCc1ccc(NC=O)cc1.CCC.CCC1(C)CC(=O)N(C(C)(C)CC(C)(C)C(=O)NCC(=O)NCCCCNC)C(=O)C1.NC=O.